The molecule has 0 atom stereocenters. The lowest BCUT2D eigenvalue weighted by Gasteiger charge is -2.10. The molecule has 0 aliphatic carbocycles. The molecule has 0 spiro atoms. The number of aromatic nitrogens is 3. The molecule has 0 unspecified atom stereocenters. The van der Waals surface area contributed by atoms with Gasteiger partial charge in [-0.2, -0.15) is 4.98 Å². The zero-order valence-corrected chi connectivity index (χ0v) is 15.7. The first-order chi connectivity index (χ1) is 12.9. The third-order valence-electron chi connectivity index (χ3n) is 3.56. The van der Waals surface area contributed by atoms with Gasteiger partial charge in [0.05, 0.1) is 0 Å². The third kappa shape index (κ3) is 5.27. The summed E-state index contributed by atoms with van der Waals surface area (Å²) < 4.78 is 10.4. The Balaban J connectivity index is 1.65. The number of rotatable bonds is 6. The number of amides is 1. The molecule has 0 saturated carbocycles. The van der Waals surface area contributed by atoms with E-state index in [1.54, 1.807) is 19.1 Å². The monoisotopic (exact) mass is 367 g/mol. The first kappa shape index (κ1) is 18.4. The quantitative estimate of drug-likeness (QED) is 0.688. The molecule has 2 aromatic heterocycles. The highest BCUT2D eigenvalue weighted by Crippen LogP contribution is 2.19. The van der Waals surface area contributed by atoms with Gasteiger partial charge in [-0.1, -0.05) is 11.2 Å². The Labute approximate surface area is 157 Å². The van der Waals surface area contributed by atoms with Crippen LogP contribution in [0.3, 0.4) is 0 Å². The number of carbonyl (C=O) groups excluding carboxylic acids is 1. The van der Waals surface area contributed by atoms with Gasteiger partial charge in [0.15, 0.2) is 12.4 Å². The van der Waals surface area contributed by atoms with Gasteiger partial charge >= 0.3 is 0 Å². The topological polar surface area (TPSA) is 102 Å². The predicted molar refractivity (Wildman–Crippen MR) is 101 cm³/mol. The van der Waals surface area contributed by atoms with Crippen molar-refractivity contribution in [1.82, 2.24) is 15.1 Å². The molecule has 2 N–H and O–H groups in total. The van der Waals surface area contributed by atoms with Crippen LogP contribution in [0.2, 0.25) is 0 Å². The van der Waals surface area contributed by atoms with Crippen LogP contribution >= 0.6 is 0 Å². The van der Waals surface area contributed by atoms with E-state index >= 15 is 0 Å². The van der Waals surface area contributed by atoms with Crippen molar-refractivity contribution in [2.75, 3.05) is 17.2 Å². The highest BCUT2D eigenvalue weighted by molar-refractivity contribution is 5.90. The van der Waals surface area contributed by atoms with E-state index in [1.165, 1.54) is 0 Å². The number of ether oxygens (including phenoxy) is 1. The third-order valence-corrected chi connectivity index (χ3v) is 3.56. The average molecular weight is 367 g/mol. The lowest BCUT2D eigenvalue weighted by Crippen LogP contribution is -2.20. The van der Waals surface area contributed by atoms with Crippen molar-refractivity contribution >= 4 is 23.4 Å². The summed E-state index contributed by atoms with van der Waals surface area (Å²) in [5, 5.41) is 9.46. The van der Waals surface area contributed by atoms with Crippen molar-refractivity contribution in [2.45, 2.75) is 27.7 Å². The number of aryl methyl sites for hydroxylation is 4. The fourth-order valence-electron chi connectivity index (χ4n) is 2.59. The van der Waals surface area contributed by atoms with Crippen LogP contribution in [0.4, 0.5) is 17.5 Å². The normalized spacial score (nSPS) is 10.5. The molecule has 0 bridgehead atoms. The highest BCUT2D eigenvalue weighted by atomic mass is 16.5. The molecular formula is C19H21N5O3. The number of carbonyl (C=O) groups is 1. The summed E-state index contributed by atoms with van der Waals surface area (Å²) in [6, 6.07) is 9.39. The summed E-state index contributed by atoms with van der Waals surface area (Å²) in [6.07, 6.45) is 0. The molecule has 0 saturated heterocycles. The van der Waals surface area contributed by atoms with Gasteiger partial charge in [0.1, 0.15) is 5.76 Å². The van der Waals surface area contributed by atoms with E-state index in [1.807, 2.05) is 32.9 Å². The fourth-order valence-corrected chi connectivity index (χ4v) is 2.59. The molecule has 140 valence electrons. The van der Waals surface area contributed by atoms with Gasteiger partial charge in [0.25, 0.3) is 5.91 Å². The SMILES string of the molecule is Cc1cc(C)cc(Nc2nc(C)cc(OCC(=O)Nc3cc(C)on3)n2)c1. The first-order valence-electron chi connectivity index (χ1n) is 8.44. The lowest BCUT2D eigenvalue weighted by molar-refractivity contribution is -0.118. The zero-order chi connectivity index (χ0) is 19.4. The Morgan fingerprint density at radius 2 is 1.78 bits per heavy atom. The summed E-state index contributed by atoms with van der Waals surface area (Å²) in [6.45, 7) is 7.43. The van der Waals surface area contributed by atoms with Crippen molar-refractivity contribution < 1.29 is 14.1 Å². The number of hydrogen-bond donors (Lipinski definition) is 2. The highest BCUT2D eigenvalue weighted by Gasteiger charge is 2.09. The lowest BCUT2D eigenvalue weighted by atomic mass is 10.1. The van der Waals surface area contributed by atoms with Crippen molar-refractivity contribution in [3.63, 3.8) is 0 Å². The van der Waals surface area contributed by atoms with Crippen LogP contribution in [0, 0.1) is 27.7 Å². The zero-order valence-electron chi connectivity index (χ0n) is 15.7. The van der Waals surface area contributed by atoms with Gasteiger partial charge < -0.3 is 19.9 Å². The van der Waals surface area contributed by atoms with E-state index in [9.17, 15) is 4.79 Å². The molecule has 3 aromatic rings. The molecule has 1 aromatic carbocycles. The molecule has 0 fully saturated rings. The van der Waals surface area contributed by atoms with Crippen molar-refractivity contribution in [2.24, 2.45) is 0 Å². The Bertz CT molecular complexity index is 947. The number of nitrogens with one attached hydrogen (secondary N) is 2. The maximum Gasteiger partial charge on any atom is 0.263 e. The van der Waals surface area contributed by atoms with Crippen LogP contribution in [0.15, 0.2) is 34.9 Å². The Morgan fingerprint density at radius 3 is 2.44 bits per heavy atom. The Morgan fingerprint density at radius 1 is 1.04 bits per heavy atom. The van der Waals surface area contributed by atoms with Gasteiger partial charge in [-0.15, -0.1) is 0 Å². The summed E-state index contributed by atoms with van der Waals surface area (Å²) in [5.41, 5.74) is 3.89. The van der Waals surface area contributed by atoms with Gasteiger partial charge in [-0.25, -0.2) is 4.98 Å². The van der Waals surface area contributed by atoms with Crippen LogP contribution in [0.5, 0.6) is 5.88 Å². The van der Waals surface area contributed by atoms with Gasteiger partial charge in [-0.05, 0) is 51.0 Å². The summed E-state index contributed by atoms with van der Waals surface area (Å²) in [4.78, 5) is 20.6. The summed E-state index contributed by atoms with van der Waals surface area (Å²) in [5.74, 6) is 1.31. The molecule has 8 heteroatoms. The van der Waals surface area contributed by atoms with Crippen molar-refractivity contribution in [3.8, 4) is 5.88 Å². The minimum absolute atomic E-state index is 0.203. The van der Waals surface area contributed by atoms with E-state index in [4.69, 9.17) is 9.26 Å². The number of hydrogen-bond acceptors (Lipinski definition) is 7. The fraction of sp³-hybridized carbons (Fsp3) is 0.263. The summed E-state index contributed by atoms with van der Waals surface area (Å²) in [7, 11) is 0. The molecule has 8 nitrogen and oxygen atoms in total. The second-order valence-corrected chi connectivity index (χ2v) is 6.33. The van der Waals surface area contributed by atoms with Gasteiger partial charge in [-0.3, -0.25) is 4.79 Å². The molecule has 3 rings (SSSR count). The number of nitrogens with zero attached hydrogens (tertiary/aromatic N) is 3. The van der Waals surface area contributed by atoms with Crippen LogP contribution in [0.25, 0.3) is 0 Å². The van der Waals surface area contributed by atoms with E-state index in [0.29, 0.717) is 23.4 Å². The minimum atomic E-state index is -0.358. The van der Waals surface area contributed by atoms with Crippen molar-refractivity contribution in [1.29, 1.82) is 0 Å². The van der Waals surface area contributed by atoms with Crippen molar-refractivity contribution in [3.05, 3.63) is 52.9 Å². The van der Waals surface area contributed by atoms with Crippen LogP contribution in [-0.4, -0.2) is 27.6 Å². The molecular weight excluding hydrogens is 346 g/mol. The van der Waals surface area contributed by atoms with Gasteiger partial charge in [0.2, 0.25) is 11.8 Å². The number of anilines is 3. The number of benzene rings is 1. The summed E-state index contributed by atoms with van der Waals surface area (Å²) >= 11 is 0. The molecule has 27 heavy (non-hydrogen) atoms. The van der Waals surface area contributed by atoms with Crippen LogP contribution < -0.4 is 15.4 Å². The molecule has 2 heterocycles. The van der Waals surface area contributed by atoms with E-state index in [0.717, 1.165) is 22.5 Å². The molecule has 0 aliphatic heterocycles. The molecule has 0 aliphatic rings. The second kappa shape index (κ2) is 7.86. The smallest absolute Gasteiger partial charge is 0.263 e. The predicted octanol–water partition coefficient (Wildman–Crippen LogP) is 3.46. The standard InChI is InChI=1S/C19H21N5O3/c1-11-5-12(2)7-15(6-11)21-19-20-13(3)8-18(23-19)26-10-17(25)22-16-9-14(4)27-24-16/h5-9H,10H2,1-4H3,(H,20,21,23)(H,22,24,25). The molecule has 1 amide bonds. The van der Waals surface area contributed by atoms with Gasteiger partial charge in [0, 0.05) is 23.5 Å². The Hall–Kier alpha value is -3.42. The maximum absolute atomic E-state index is 12.0. The van der Waals surface area contributed by atoms with Crippen LogP contribution in [0.1, 0.15) is 22.6 Å². The van der Waals surface area contributed by atoms with E-state index in [-0.39, 0.29) is 12.5 Å². The van der Waals surface area contributed by atoms with E-state index in [2.05, 4.69) is 31.8 Å². The Kier molecular flexibility index (Phi) is 5.35. The first-order valence-corrected chi connectivity index (χ1v) is 8.44. The molecule has 0 radical (unpaired) electrons. The largest absolute Gasteiger partial charge is 0.467 e. The van der Waals surface area contributed by atoms with E-state index < -0.39 is 0 Å². The maximum atomic E-state index is 12.0. The second-order valence-electron chi connectivity index (χ2n) is 6.33. The average Bonchev–Trinajstić information content (AvgIpc) is 2.96. The van der Waals surface area contributed by atoms with Crippen LogP contribution in [-0.2, 0) is 4.79 Å². The minimum Gasteiger partial charge on any atom is -0.467 e.